The Labute approximate surface area is 875 Å². The summed E-state index contributed by atoms with van der Waals surface area (Å²) in [6.45, 7) is 17.6. The summed E-state index contributed by atoms with van der Waals surface area (Å²) in [5.74, 6) is -9.06. The molecular weight excluding hydrogens is 2000 g/mol. The van der Waals surface area contributed by atoms with E-state index in [1.165, 1.54) is 97.4 Å². The number of thioether (sulfide) groups is 2. The Morgan fingerprint density at radius 3 is 1.99 bits per heavy atom. The number of rotatable bonds is 43. The number of halogens is 8. The van der Waals surface area contributed by atoms with Crippen molar-refractivity contribution in [3.63, 3.8) is 0 Å². The molecular formula is C117H103F8N3O19S3. The lowest BCUT2D eigenvalue weighted by atomic mass is 9.84. The molecule has 12 aromatic carbocycles. The molecule has 33 heteroatoms. The number of esters is 5. The summed E-state index contributed by atoms with van der Waals surface area (Å²) in [4.78, 5) is 69.6. The highest BCUT2D eigenvalue weighted by molar-refractivity contribution is 8.02. The molecule has 0 aromatic heterocycles. The van der Waals surface area contributed by atoms with Crippen LogP contribution in [0.1, 0.15) is 155 Å². The monoisotopic (exact) mass is 2100 g/mol. The van der Waals surface area contributed by atoms with Gasteiger partial charge in [-0.3, -0.25) is 4.79 Å². The maximum atomic E-state index is 16.2. The lowest BCUT2D eigenvalue weighted by Gasteiger charge is -2.40. The number of thiol groups is 1. The normalized spacial score (nSPS) is 14.8. The Balaban J connectivity index is 0.000000230. The van der Waals surface area contributed by atoms with Crippen molar-refractivity contribution in [2.45, 2.75) is 121 Å². The number of carbonyl (C=O) groups is 5. The maximum absolute atomic E-state index is 16.2. The van der Waals surface area contributed by atoms with Crippen LogP contribution in [0.3, 0.4) is 0 Å². The van der Waals surface area contributed by atoms with Gasteiger partial charge in [0.05, 0.1) is 87.9 Å². The highest BCUT2D eigenvalue weighted by Gasteiger charge is 2.44. The zero-order chi connectivity index (χ0) is 106. The highest BCUT2D eigenvalue weighted by atomic mass is 32.2. The van der Waals surface area contributed by atoms with E-state index in [0.717, 1.165) is 117 Å². The number of hydrogen-bond acceptors (Lipinski definition) is 24. The Morgan fingerprint density at radius 1 is 0.600 bits per heavy atom. The van der Waals surface area contributed by atoms with Gasteiger partial charge in [-0.15, -0.1) is 11.8 Å². The number of unbranched alkanes of at least 4 members (excludes halogenated alkanes) is 2. The quantitative estimate of drug-likeness (QED) is 0.00308. The average molecular weight is 2100 g/mol. The third kappa shape index (κ3) is 29.2. The molecule has 2 saturated heterocycles. The molecule has 774 valence electrons. The first-order chi connectivity index (χ1) is 72.8. The van der Waals surface area contributed by atoms with Crippen LogP contribution in [0.4, 0.5) is 46.5 Å². The third-order valence-corrected chi connectivity index (χ3v) is 27.0. The van der Waals surface area contributed by atoms with Crippen LogP contribution in [0.5, 0.6) is 57.5 Å². The number of aryl methyl sites for hydroxylation is 2. The second kappa shape index (κ2) is 52.8. The maximum Gasteiger partial charge on any atom is 0.348 e. The van der Waals surface area contributed by atoms with Crippen molar-refractivity contribution in [3.8, 4) is 97.8 Å². The summed E-state index contributed by atoms with van der Waals surface area (Å²) in [5, 5.41) is 13.5. The lowest BCUT2D eigenvalue weighted by Crippen LogP contribution is -2.45. The van der Waals surface area contributed by atoms with Gasteiger partial charge in [-0.1, -0.05) is 92.7 Å². The molecule has 150 heavy (non-hydrogen) atoms. The highest BCUT2D eigenvalue weighted by Crippen LogP contribution is 2.45. The molecule has 0 spiro atoms. The number of epoxide rings is 1. The summed E-state index contributed by atoms with van der Waals surface area (Å²) in [7, 11) is 1.41. The zero-order valence-electron chi connectivity index (χ0n) is 82.1. The molecule has 3 heterocycles. The summed E-state index contributed by atoms with van der Waals surface area (Å²) in [6, 6.07) is 53.7. The minimum Gasteiger partial charge on any atom is -0.494 e. The van der Waals surface area contributed by atoms with Crippen molar-refractivity contribution < 1.29 is 125 Å². The second-order valence-electron chi connectivity index (χ2n) is 35.3. The van der Waals surface area contributed by atoms with Gasteiger partial charge in [0.1, 0.15) is 52.0 Å². The number of allylic oxidation sites excluding steroid dienone is 2. The summed E-state index contributed by atoms with van der Waals surface area (Å²) in [5.41, 5.74) is 3.65. The molecule has 0 radical (unpaired) electrons. The van der Waals surface area contributed by atoms with Crippen molar-refractivity contribution in [3.05, 3.63) is 337 Å². The van der Waals surface area contributed by atoms with Crippen LogP contribution in [0.25, 0.3) is 50.0 Å². The average Bonchev–Trinajstić information content (AvgIpc) is 0.924. The minimum atomic E-state index is -1.77. The molecule has 1 N–H and O–H groups in total. The number of ether oxygens (including phenoxy) is 14. The van der Waals surface area contributed by atoms with Gasteiger partial charge in [0.25, 0.3) is 0 Å². The van der Waals surface area contributed by atoms with Crippen molar-refractivity contribution in [1.29, 1.82) is 5.26 Å². The third-order valence-electron chi connectivity index (χ3n) is 24.8. The summed E-state index contributed by atoms with van der Waals surface area (Å²) in [6.07, 6.45) is 17.9. The predicted molar refractivity (Wildman–Crippen MR) is 557 cm³/mol. The fraction of sp³-hybridized carbons (Fsp3) is 0.274. The van der Waals surface area contributed by atoms with Gasteiger partial charge in [0, 0.05) is 102 Å². The largest absolute Gasteiger partial charge is 0.494 e. The van der Waals surface area contributed by atoms with Crippen molar-refractivity contribution in [2.24, 2.45) is 11.3 Å². The first kappa shape index (κ1) is 109. The molecule has 22 nitrogen and oxygen atoms in total. The smallest absolute Gasteiger partial charge is 0.348 e. The van der Waals surface area contributed by atoms with E-state index in [1.807, 2.05) is 19.1 Å². The molecule has 1 aliphatic carbocycles. The van der Waals surface area contributed by atoms with Gasteiger partial charge in [-0.2, -0.15) is 26.7 Å². The van der Waals surface area contributed by atoms with Crippen LogP contribution in [-0.2, 0) is 47.1 Å². The van der Waals surface area contributed by atoms with E-state index in [9.17, 15) is 41.5 Å². The van der Waals surface area contributed by atoms with E-state index in [0.29, 0.717) is 167 Å². The number of anilines is 1. The lowest BCUT2D eigenvalue weighted by molar-refractivity contribution is -0.150. The molecule has 3 atom stereocenters. The van der Waals surface area contributed by atoms with Gasteiger partial charge < -0.3 is 71.6 Å². The molecule has 3 fully saturated rings. The first-order valence-corrected chi connectivity index (χ1v) is 51.2. The second-order valence-corrected chi connectivity index (χ2v) is 38.1. The van der Waals surface area contributed by atoms with Crippen LogP contribution >= 0.6 is 36.2 Å². The number of fused-ring (bicyclic) bond motifs is 3. The van der Waals surface area contributed by atoms with Gasteiger partial charge in [0.15, 0.2) is 51.4 Å². The Hall–Kier alpha value is -14.9. The molecule has 1 saturated carbocycles. The summed E-state index contributed by atoms with van der Waals surface area (Å²) < 4.78 is 201. The van der Waals surface area contributed by atoms with Crippen LogP contribution in [0, 0.1) is 87.7 Å². The Bertz CT molecular complexity index is 7190. The molecule has 3 aliphatic heterocycles. The van der Waals surface area contributed by atoms with E-state index in [1.54, 1.807) is 116 Å². The van der Waals surface area contributed by atoms with Crippen LogP contribution in [-0.4, -0.2) is 120 Å². The van der Waals surface area contributed by atoms with Crippen molar-refractivity contribution >= 4 is 100 Å². The minimum absolute atomic E-state index is 0.00567. The number of carbonyl (C=O) groups excluding carboxylic acids is 5. The van der Waals surface area contributed by atoms with Crippen molar-refractivity contribution in [2.75, 3.05) is 83.4 Å². The number of nitriles is 1. The van der Waals surface area contributed by atoms with E-state index >= 15 is 17.6 Å². The van der Waals surface area contributed by atoms with Crippen LogP contribution in [0.15, 0.2) is 228 Å². The predicted octanol–water partition coefficient (Wildman–Crippen LogP) is 26.5. The molecule has 12 aromatic rings. The van der Waals surface area contributed by atoms with Gasteiger partial charge in [0.2, 0.25) is 23.1 Å². The topological polar surface area (TPSA) is 258 Å². The zero-order valence-corrected chi connectivity index (χ0v) is 84.6. The Kier molecular flexibility index (Phi) is 38.5. The number of benzene rings is 12. The van der Waals surface area contributed by atoms with Crippen LogP contribution < -0.4 is 52.7 Å². The Morgan fingerprint density at radius 2 is 1.30 bits per heavy atom. The van der Waals surface area contributed by atoms with Gasteiger partial charge in [-0.05, 0) is 277 Å². The molecule has 4 aliphatic rings. The molecule has 0 amide bonds. The molecule has 0 bridgehead atoms. The molecule has 3 unspecified atom stereocenters. The SMILES string of the molecule is CCOc1ccc(-c2ccc3cc(C#CNc4cc(OC(=O)c5ccc(OCCCOCC6CCC7OC7C6)cc5)c(F)c(F)c4C(=O)Oc4ccc(C#N)c(F)c4)ccc3c2)c(F)c1F.[C-]#[N+]c1ccc(CCc2ccc3c(c2)CS/C(=C\C=C\c2cc(OC(=O)c4ccc(OCCCOCC5(CC)COC5)cc4)cc(SCC)c2-c2cc(F)c(OC(=O)/C=C/c4ccc(OC(=O)CCCCCS)c(OC)c4)c(F)c2)O3)cc1F. The first-order valence-electron chi connectivity index (χ1n) is 48.6. The number of methoxy groups -OCH3 is 1. The van der Waals surface area contributed by atoms with Crippen molar-refractivity contribution in [1.82, 2.24) is 0 Å². The van der Waals surface area contributed by atoms with E-state index in [2.05, 4.69) is 47.7 Å². The van der Waals surface area contributed by atoms with E-state index in [4.69, 9.17) is 78.2 Å². The fourth-order valence-electron chi connectivity index (χ4n) is 16.6. The van der Waals surface area contributed by atoms with E-state index in [-0.39, 0.29) is 74.9 Å². The summed E-state index contributed by atoms with van der Waals surface area (Å²) >= 11 is 7.03. The number of nitrogens with one attached hydrogen (secondary N) is 1. The van der Waals surface area contributed by atoms with Gasteiger partial charge >= 0.3 is 29.8 Å². The standard InChI is InChI=1S/C66H64F3NO11S3.C51H39F5N2O8/c1-5-66(41-76-42-66)40-75-29-11-30-77-50-23-21-46(22-24-50)65(73)78-51-35-47(12-10-14-62-80-56-26-18-43(32-49(56)39-84-62)15-16-44-17-25-55(70-3)52(67)33-44)63(59(38-51)83-6-2)48-36-53(68)64(54(69)37-48)81-61(72)28-20-45-19-27-57(58(34-45)74-4)79-60(71)13-8-7-9-31-82;1-2-62-42-17-15-38(46(53)47(42)54)34-8-7-32-22-29(4-6-33(32)24-34)18-19-58-40-26-44(48(55)49(56)45(40)51(60)64-37-14-11-35(27-57)39(52)25-37)66-50(59)31-9-12-36(13-10-31)63-21-3-20-61-28-30-5-16-41-43(23-30)65-41/h10,12,14,17-28,32-38,82H,5-9,11,13,15-16,29-31,39-42H2,1-2,4H3;4,6-15,17,22,24-26,30,41,43,58H,2-3,5,16,20-21,23,28H2,1H3/b12-10+,28-20+,62-14-;. The van der Waals surface area contributed by atoms with Crippen LogP contribution in [0.2, 0.25) is 0 Å². The number of nitrogens with zero attached hydrogens (tertiary/aromatic N) is 2. The molecule has 16 rings (SSSR count). The fourth-order valence-corrected chi connectivity index (χ4v) is 18.6. The number of hydrogen-bond donors (Lipinski definition) is 2. The van der Waals surface area contributed by atoms with E-state index < -0.39 is 105 Å². The van der Waals surface area contributed by atoms with Gasteiger partial charge in [-0.25, -0.2) is 50.4 Å².